The molecule has 1 saturated heterocycles. The molecule has 0 aliphatic carbocycles. The van der Waals surface area contributed by atoms with Crippen molar-refractivity contribution in [3.63, 3.8) is 0 Å². The number of nitrogens with zero attached hydrogens (tertiary/aromatic N) is 2. The van der Waals surface area contributed by atoms with E-state index in [1.54, 1.807) is 16.2 Å². The monoisotopic (exact) mass is 332 g/mol. The number of aromatic nitrogens is 1. The van der Waals surface area contributed by atoms with Gasteiger partial charge in [0.15, 0.2) is 3.92 Å². The Morgan fingerprint density at radius 1 is 1.61 bits per heavy atom. The number of amides is 1. The maximum Gasteiger partial charge on any atom is 0.410 e. The third-order valence-corrected chi connectivity index (χ3v) is 4.10. The molecular formula is C12H17BrN2O2S. The number of rotatable bonds is 1. The molecule has 1 aliphatic rings. The van der Waals surface area contributed by atoms with Crippen molar-refractivity contribution in [2.24, 2.45) is 0 Å². The first kappa shape index (κ1) is 13.8. The lowest BCUT2D eigenvalue weighted by Gasteiger charge is -2.27. The van der Waals surface area contributed by atoms with Crippen molar-refractivity contribution in [2.45, 2.75) is 45.3 Å². The van der Waals surface area contributed by atoms with Crippen LogP contribution in [0.5, 0.6) is 0 Å². The van der Waals surface area contributed by atoms with Gasteiger partial charge in [0, 0.05) is 11.9 Å². The maximum absolute atomic E-state index is 12.1. The van der Waals surface area contributed by atoms with Gasteiger partial charge in [0.1, 0.15) is 5.60 Å². The molecule has 0 saturated carbocycles. The Morgan fingerprint density at radius 3 is 2.89 bits per heavy atom. The van der Waals surface area contributed by atoms with Gasteiger partial charge in [0.25, 0.3) is 0 Å². The molecule has 2 heterocycles. The van der Waals surface area contributed by atoms with Crippen LogP contribution >= 0.6 is 27.3 Å². The number of carbonyl (C=O) groups excluding carboxylic acids is 1. The van der Waals surface area contributed by atoms with Crippen LogP contribution in [-0.4, -0.2) is 28.1 Å². The van der Waals surface area contributed by atoms with E-state index in [2.05, 4.69) is 20.9 Å². The van der Waals surface area contributed by atoms with E-state index >= 15 is 0 Å². The molecule has 1 fully saturated rings. The van der Waals surface area contributed by atoms with Gasteiger partial charge in [-0.3, -0.25) is 4.90 Å². The zero-order chi connectivity index (χ0) is 13.3. The summed E-state index contributed by atoms with van der Waals surface area (Å²) in [6.45, 7) is 6.40. The molecular weight excluding hydrogens is 316 g/mol. The molecule has 2 rings (SSSR count). The Morgan fingerprint density at radius 2 is 2.33 bits per heavy atom. The second kappa shape index (κ2) is 5.17. The van der Waals surface area contributed by atoms with Gasteiger partial charge in [-0.05, 0) is 49.5 Å². The van der Waals surface area contributed by atoms with Crippen molar-refractivity contribution in [3.8, 4) is 0 Å². The largest absolute Gasteiger partial charge is 0.444 e. The van der Waals surface area contributed by atoms with E-state index in [1.807, 2.05) is 26.2 Å². The molecule has 0 spiro atoms. The Kier molecular flexibility index (Phi) is 3.96. The normalized spacial score (nSPS) is 20.2. The van der Waals surface area contributed by atoms with Gasteiger partial charge < -0.3 is 4.74 Å². The molecule has 0 radical (unpaired) electrons. The molecule has 0 N–H and O–H groups in total. The number of halogens is 1. The second-order valence-electron chi connectivity index (χ2n) is 5.36. The maximum atomic E-state index is 12.1. The zero-order valence-corrected chi connectivity index (χ0v) is 13.2. The van der Waals surface area contributed by atoms with E-state index in [-0.39, 0.29) is 12.1 Å². The van der Waals surface area contributed by atoms with E-state index in [9.17, 15) is 4.79 Å². The summed E-state index contributed by atoms with van der Waals surface area (Å²) in [4.78, 5) is 18.3. The van der Waals surface area contributed by atoms with E-state index in [4.69, 9.17) is 4.74 Å². The van der Waals surface area contributed by atoms with Gasteiger partial charge in [0.05, 0.1) is 11.7 Å². The molecule has 1 aliphatic heterocycles. The van der Waals surface area contributed by atoms with Crippen LogP contribution in [0.1, 0.15) is 45.3 Å². The highest BCUT2D eigenvalue weighted by atomic mass is 79.9. The fourth-order valence-corrected chi connectivity index (χ4v) is 3.10. The minimum atomic E-state index is -0.452. The summed E-state index contributed by atoms with van der Waals surface area (Å²) in [6.07, 6.45) is 1.71. The Balaban J connectivity index is 2.10. The van der Waals surface area contributed by atoms with Gasteiger partial charge in [-0.25, -0.2) is 9.78 Å². The van der Waals surface area contributed by atoms with Gasteiger partial charge in [-0.2, -0.15) is 0 Å². The fourth-order valence-electron chi connectivity index (χ4n) is 2.03. The summed E-state index contributed by atoms with van der Waals surface area (Å²) in [5.74, 6) is 0. The molecule has 18 heavy (non-hydrogen) atoms. The van der Waals surface area contributed by atoms with Crippen LogP contribution in [0.4, 0.5) is 4.79 Å². The minimum Gasteiger partial charge on any atom is -0.444 e. The fraction of sp³-hybridized carbons (Fsp3) is 0.667. The lowest BCUT2D eigenvalue weighted by Crippen LogP contribution is -2.36. The van der Waals surface area contributed by atoms with E-state index < -0.39 is 5.60 Å². The predicted molar refractivity (Wildman–Crippen MR) is 74.7 cm³/mol. The van der Waals surface area contributed by atoms with Crippen molar-refractivity contribution in [1.29, 1.82) is 0 Å². The highest BCUT2D eigenvalue weighted by molar-refractivity contribution is 9.11. The molecule has 0 aromatic carbocycles. The van der Waals surface area contributed by atoms with Gasteiger partial charge in [0.2, 0.25) is 0 Å². The number of ether oxygens (including phenoxy) is 1. The zero-order valence-electron chi connectivity index (χ0n) is 10.8. The van der Waals surface area contributed by atoms with Crippen LogP contribution in [-0.2, 0) is 4.74 Å². The van der Waals surface area contributed by atoms with Crippen LogP contribution < -0.4 is 0 Å². The first-order valence-corrected chi connectivity index (χ1v) is 7.64. The molecule has 0 bridgehead atoms. The lowest BCUT2D eigenvalue weighted by molar-refractivity contribution is 0.0222. The second-order valence-corrected chi connectivity index (χ2v) is 7.49. The Labute approximate surface area is 119 Å². The van der Waals surface area contributed by atoms with Gasteiger partial charge in [-0.1, -0.05) is 0 Å². The van der Waals surface area contributed by atoms with Crippen LogP contribution in [0.15, 0.2) is 9.30 Å². The summed E-state index contributed by atoms with van der Waals surface area (Å²) >= 11 is 4.90. The lowest BCUT2D eigenvalue weighted by atomic mass is 10.2. The third kappa shape index (κ3) is 3.23. The van der Waals surface area contributed by atoms with Crippen molar-refractivity contribution < 1.29 is 9.53 Å². The summed E-state index contributed by atoms with van der Waals surface area (Å²) in [6, 6.07) is 0.0578. The van der Waals surface area contributed by atoms with Crippen molar-refractivity contribution in [2.75, 3.05) is 6.54 Å². The standard InChI is InChI=1S/C12H17BrN2O2S/c1-12(2,3)17-11(16)15-6-4-5-9(15)8-7-18-10(13)14-8/h7,9H,4-6H2,1-3H3. The molecule has 1 atom stereocenters. The minimum absolute atomic E-state index is 0.0578. The third-order valence-electron chi connectivity index (χ3n) is 2.72. The number of likely N-dealkylation sites (tertiary alicyclic amines) is 1. The molecule has 1 aromatic heterocycles. The summed E-state index contributed by atoms with van der Waals surface area (Å²) in [5, 5.41) is 2.00. The quantitative estimate of drug-likeness (QED) is 0.781. The SMILES string of the molecule is CC(C)(C)OC(=O)N1CCCC1c1csc(Br)n1. The predicted octanol–water partition coefficient (Wildman–Crippen LogP) is 3.98. The van der Waals surface area contributed by atoms with Crippen LogP contribution in [0, 0.1) is 0 Å². The topological polar surface area (TPSA) is 42.4 Å². The first-order chi connectivity index (χ1) is 8.37. The average molecular weight is 333 g/mol. The smallest absolute Gasteiger partial charge is 0.410 e. The Bertz CT molecular complexity index is 442. The summed E-state index contributed by atoms with van der Waals surface area (Å²) in [5.41, 5.74) is 0.502. The van der Waals surface area contributed by atoms with Crippen LogP contribution in [0.25, 0.3) is 0 Å². The Hall–Kier alpha value is -0.620. The number of carbonyl (C=O) groups is 1. The van der Waals surface area contributed by atoms with Crippen molar-refractivity contribution in [3.05, 3.63) is 15.0 Å². The average Bonchev–Trinajstić information content (AvgIpc) is 2.81. The summed E-state index contributed by atoms with van der Waals surface area (Å²) < 4.78 is 6.29. The molecule has 4 nitrogen and oxygen atoms in total. The van der Waals surface area contributed by atoms with Gasteiger partial charge in [-0.15, -0.1) is 11.3 Å². The van der Waals surface area contributed by atoms with Crippen LogP contribution in [0.2, 0.25) is 0 Å². The summed E-state index contributed by atoms with van der Waals surface area (Å²) in [7, 11) is 0. The first-order valence-electron chi connectivity index (χ1n) is 5.97. The highest BCUT2D eigenvalue weighted by Crippen LogP contribution is 2.34. The van der Waals surface area contributed by atoms with E-state index in [0.29, 0.717) is 0 Å². The number of hydrogen-bond donors (Lipinski definition) is 0. The molecule has 1 amide bonds. The number of hydrogen-bond acceptors (Lipinski definition) is 4. The van der Waals surface area contributed by atoms with E-state index in [0.717, 1.165) is 29.0 Å². The van der Waals surface area contributed by atoms with Crippen molar-refractivity contribution in [1.82, 2.24) is 9.88 Å². The van der Waals surface area contributed by atoms with Gasteiger partial charge >= 0.3 is 6.09 Å². The molecule has 1 unspecified atom stereocenters. The van der Waals surface area contributed by atoms with E-state index in [1.165, 1.54) is 0 Å². The number of thiazole rings is 1. The molecule has 100 valence electrons. The molecule has 1 aromatic rings. The van der Waals surface area contributed by atoms with Crippen LogP contribution in [0.3, 0.4) is 0 Å². The highest BCUT2D eigenvalue weighted by Gasteiger charge is 2.34. The van der Waals surface area contributed by atoms with Crippen molar-refractivity contribution >= 4 is 33.4 Å². The molecule has 6 heteroatoms.